The van der Waals surface area contributed by atoms with E-state index in [1.54, 1.807) is 6.20 Å². The molecule has 0 radical (unpaired) electrons. The number of rotatable bonds is 3. The van der Waals surface area contributed by atoms with E-state index in [9.17, 15) is 4.79 Å². The molecule has 1 N–H and O–H groups in total. The molecule has 0 atom stereocenters. The van der Waals surface area contributed by atoms with Crippen molar-refractivity contribution in [3.8, 4) is 0 Å². The fraction of sp³-hybridized carbons (Fsp3) is 0.158. The zero-order chi connectivity index (χ0) is 15.9. The standard InChI is InChI=1S/C19H15ClN2O/c20-15-6-3-5-14(11-15)19(8-9-19)18(23)22-16-10-13-4-1-2-7-17(13)21-12-16/h1-7,10-12H,8-9H2,(H,22,23). The van der Waals surface area contributed by atoms with Crippen LogP contribution in [0.2, 0.25) is 5.02 Å². The Balaban J connectivity index is 1.61. The molecule has 23 heavy (non-hydrogen) atoms. The number of amides is 1. The first-order valence-electron chi connectivity index (χ1n) is 7.60. The molecule has 3 nitrogen and oxygen atoms in total. The van der Waals surface area contributed by atoms with Gasteiger partial charge in [0, 0.05) is 10.4 Å². The van der Waals surface area contributed by atoms with Gasteiger partial charge in [0.2, 0.25) is 5.91 Å². The molecule has 1 amide bonds. The topological polar surface area (TPSA) is 42.0 Å². The largest absolute Gasteiger partial charge is 0.324 e. The number of nitrogens with one attached hydrogen (secondary N) is 1. The minimum absolute atomic E-state index is 0.0110. The van der Waals surface area contributed by atoms with Crippen molar-refractivity contribution in [1.82, 2.24) is 4.98 Å². The number of para-hydroxylation sites is 1. The van der Waals surface area contributed by atoms with Crippen molar-refractivity contribution in [3.05, 3.63) is 71.4 Å². The van der Waals surface area contributed by atoms with E-state index >= 15 is 0 Å². The molecule has 0 saturated heterocycles. The van der Waals surface area contributed by atoms with Crippen LogP contribution in [0.3, 0.4) is 0 Å². The van der Waals surface area contributed by atoms with Crippen molar-refractivity contribution >= 4 is 34.1 Å². The summed E-state index contributed by atoms with van der Waals surface area (Å²) in [7, 11) is 0. The van der Waals surface area contributed by atoms with E-state index in [1.807, 2.05) is 54.6 Å². The summed E-state index contributed by atoms with van der Waals surface area (Å²) in [5.74, 6) is 0.0110. The van der Waals surface area contributed by atoms with Crippen molar-refractivity contribution in [2.45, 2.75) is 18.3 Å². The second-order valence-electron chi connectivity index (χ2n) is 5.96. The third-order valence-electron chi connectivity index (χ3n) is 4.41. The van der Waals surface area contributed by atoms with Gasteiger partial charge in [-0.1, -0.05) is 41.9 Å². The first-order valence-corrected chi connectivity index (χ1v) is 7.97. The van der Waals surface area contributed by atoms with Crippen LogP contribution in [0.4, 0.5) is 5.69 Å². The normalized spacial score (nSPS) is 15.3. The molecule has 4 rings (SSSR count). The average molecular weight is 323 g/mol. The molecule has 2 aromatic carbocycles. The third-order valence-corrected chi connectivity index (χ3v) is 4.65. The molecule has 1 fully saturated rings. The fourth-order valence-corrected chi connectivity index (χ4v) is 3.14. The fourth-order valence-electron chi connectivity index (χ4n) is 2.95. The van der Waals surface area contributed by atoms with Crippen LogP contribution in [0.1, 0.15) is 18.4 Å². The number of fused-ring (bicyclic) bond motifs is 1. The van der Waals surface area contributed by atoms with Crippen LogP contribution < -0.4 is 5.32 Å². The number of nitrogens with zero attached hydrogens (tertiary/aromatic N) is 1. The van der Waals surface area contributed by atoms with Crippen LogP contribution in [0.25, 0.3) is 10.9 Å². The molecule has 0 aliphatic heterocycles. The van der Waals surface area contributed by atoms with Gasteiger partial charge in [-0.2, -0.15) is 0 Å². The number of hydrogen-bond acceptors (Lipinski definition) is 2. The molecule has 0 bridgehead atoms. The number of carbonyl (C=O) groups is 1. The Morgan fingerprint density at radius 2 is 1.91 bits per heavy atom. The van der Waals surface area contributed by atoms with E-state index in [0.717, 1.165) is 35.0 Å². The molecule has 0 spiro atoms. The van der Waals surface area contributed by atoms with E-state index in [0.29, 0.717) is 5.02 Å². The lowest BCUT2D eigenvalue weighted by atomic mass is 9.95. The van der Waals surface area contributed by atoms with Gasteiger partial charge in [-0.3, -0.25) is 9.78 Å². The maximum Gasteiger partial charge on any atom is 0.235 e. The summed E-state index contributed by atoms with van der Waals surface area (Å²) < 4.78 is 0. The molecule has 4 heteroatoms. The lowest BCUT2D eigenvalue weighted by Gasteiger charge is -2.16. The number of benzene rings is 2. The molecule has 1 saturated carbocycles. The lowest BCUT2D eigenvalue weighted by Crippen LogP contribution is -2.27. The Morgan fingerprint density at radius 1 is 1.09 bits per heavy atom. The van der Waals surface area contributed by atoms with Gasteiger partial charge in [-0.25, -0.2) is 0 Å². The Labute approximate surface area is 139 Å². The number of halogens is 1. The predicted octanol–water partition coefficient (Wildman–Crippen LogP) is 4.56. The highest BCUT2D eigenvalue weighted by molar-refractivity contribution is 6.30. The second-order valence-corrected chi connectivity index (χ2v) is 6.40. The van der Waals surface area contributed by atoms with Gasteiger partial charge in [-0.15, -0.1) is 0 Å². The van der Waals surface area contributed by atoms with Crippen molar-refractivity contribution in [2.24, 2.45) is 0 Å². The summed E-state index contributed by atoms with van der Waals surface area (Å²) >= 11 is 6.07. The van der Waals surface area contributed by atoms with Crippen LogP contribution in [-0.4, -0.2) is 10.9 Å². The van der Waals surface area contributed by atoms with Crippen LogP contribution in [0.15, 0.2) is 60.8 Å². The Hall–Kier alpha value is -2.39. The van der Waals surface area contributed by atoms with Gasteiger partial charge in [0.1, 0.15) is 0 Å². The smallest absolute Gasteiger partial charge is 0.235 e. The van der Waals surface area contributed by atoms with Gasteiger partial charge >= 0.3 is 0 Å². The van der Waals surface area contributed by atoms with Crippen LogP contribution in [-0.2, 0) is 10.2 Å². The van der Waals surface area contributed by atoms with E-state index in [1.165, 1.54) is 0 Å². The van der Waals surface area contributed by atoms with Crippen molar-refractivity contribution in [3.63, 3.8) is 0 Å². The van der Waals surface area contributed by atoms with E-state index in [4.69, 9.17) is 11.6 Å². The monoisotopic (exact) mass is 322 g/mol. The number of hydrogen-bond donors (Lipinski definition) is 1. The molecule has 1 aliphatic rings. The summed E-state index contributed by atoms with van der Waals surface area (Å²) in [6, 6.07) is 17.4. The molecule has 0 unspecified atom stereocenters. The first kappa shape index (κ1) is 14.2. The Morgan fingerprint density at radius 3 is 2.70 bits per heavy atom. The van der Waals surface area contributed by atoms with Crippen molar-refractivity contribution < 1.29 is 4.79 Å². The SMILES string of the molecule is O=C(Nc1cnc2ccccc2c1)C1(c2cccc(Cl)c2)CC1. The highest BCUT2D eigenvalue weighted by Gasteiger charge is 2.51. The van der Waals surface area contributed by atoms with Crippen LogP contribution in [0, 0.1) is 0 Å². The minimum Gasteiger partial charge on any atom is -0.324 e. The number of anilines is 1. The Bertz CT molecular complexity index is 903. The number of pyridine rings is 1. The molecule has 114 valence electrons. The molecular formula is C19H15ClN2O. The Kier molecular flexibility index (Phi) is 3.31. The molecule has 3 aromatic rings. The van der Waals surface area contributed by atoms with E-state index < -0.39 is 5.41 Å². The highest BCUT2D eigenvalue weighted by atomic mass is 35.5. The van der Waals surface area contributed by atoms with Gasteiger partial charge < -0.3 is 5.32 Å². The summed E-state index contributed by atoms with van der Waals surface area (Å²) in [6.45, 7) is 0. The van der Waals surface area contributed by atoms with Gasteiger partial charge in [0.15, 0.2) is 0 Å². The van der Waals surface area contributed by atoms with Crippen LogP contribution >= 0.6 is 11.6 Å². The maximum absolute atomic E-state index is 12.8. The predicted molar refractivity (Wildman–Crippen MR) is 92.7 cm³/mol. The highest BCUT2D eigenvalue weighted by Crippen LogP contribution is 2.49. The summed E-state index contributed by atoms with van der Waals surface area (Å²) in [6.07, 6.45) is 3.40. The van der Waals surface area contributed by atoms with Crippen molar-refractivity contribution in [1.29, 1.82) is 0 Å². The van der Waals surface area contributed by atoms with Gasteiger partial charge in [0.25, 0.3) is 0 Å². The molecule has 1 aliphatic carbocycles. The van der Waals surface area contributed by atoms with Gasteiger partial charge in [0.05, 0.1) is 22.8 Å². The van der Waals surface area contributed by atoms with Crippen LogP contribution in [0.5, 0.6) is 0 Å². The number of aromatic nitrogens is 1. The zero-order valence-electron chi connectivity index (χ0n) is 12.4. The minimum atomic E-state index is -0.448. The lowest BCUT2D eigenvalue weighted by molar-refractivity contribution is -0.118. The first-order chi connectivity index (χ1) is 11.2. The summed E-state index contributed by atoms with van der Waals surface area (Å²) in [4.78, 5) is 17.2. The molecule has 1 aromatic heterocycles. The molecular weight excluding hydrogens is 308 g/mol. The van der Waals surface area contributed by atoms with Gasteiger partial charge in [-0.05, 0) is 42.7 Å². The average Bonchev–Trinajstić information content (AvgIpc) is 3.37. The molecule has 1 heterocycles. The quantitative estimate of drug-likeness (QED) is 0.768. The summed E-state index contributed by atoms with van der Waals surface area (Å²) in [5, 5.41) is 4.68. The third kappa shape index (κ3) is 2.57. The van der Waals surface area contributed by atoms with Crippen molar-refractivity contribution in [2.75, 3.05) is 5.32 Å². The number of carbonyl (C=O) groups excluding carboxylic acids is 1. The maximum atomic E-state index is 12.8. The van der Waals surface area contributed by atoms with E-state index in [2.05, 4.69) is 10.3 Å². The zero-order valence-corrected chi connectivity index (χ0v) is 13.2. The second kappa shape index (κ2) is 5.36. The summed E-state index contributed by atoms with van der Waals surface area (Å²) in [5.41, 5.74) is 2.18. The van der Waals surface area contributed by atoms with E-state index in [-0.39, 0.29) is 5.91 Å².